The van der Waals surface area contributed by atoms with E-state index in [2.05, 4.69) is 21.2 Å². The molecule has 0 radical (unpaired) electrons. The Morgan fingerprint density at radius 1 is 1.40 bits per heavy atom. The summed E-state index contributed by atoms with van der Waals surface area (Å²) >= 11 is 3.29. The van der Waals surface area contributed by atoms with Gasteiger partial charge in [0.05, 0.1) is 0 Å². The molecule has 1 aromatic rings. The van der Waals surface area contributed by atoms with Crippen LogP contribution in [0.3, 0.4) is 0 Å². The summed E-state index contributed by atoms with van der Waals surface area (Å²) in [6.07, 6.45) is 0.228. The van der Waals surface area contributed by atoms with Crippen molar-refractivity contribution >= 4 is 27.7 Å². The van der Waals surface area contributed by atoms with Crippen LogP contribution in [0.15, 0.2) is 22.7 Å². The van der Waals surface area contributed by atoms with Crippen molar-refractivity contribution in [3.8, 4) is 0 Å². The molecule has 2 atom stereocenters. The van der Waals surface area contributed by atoms with Gasteiger partial charge in [-0.3, -0.25) is 9.59 Å². The van der Waals surface area contributed by atoms with Crippen LogP contribution in [0.2, 0.25) is 0 Å². The van der Waals surface area contributed by atoms with E-state index >= 15 is 0 Å². The number of carbonyl (C=O) groups excluding carboxylic acids is 2. The molecule has 1 aliphatic rings. The van der Waals surface area contributed by atoms with Crippen molar-refractivity contribution < 1.29 is 14.0 Å². The van der Waals surface area contributed by atoms with E-state index in [1.54, 1.807) is 30.9 Å². The lowest BCUT2D eigenvalue weighted by Crippen LogP contribution is -2.44. The van der Waals surface area contributed by atoms with Crippen LogP contribution >= 0.6 is 15.9 Å². The van der Waals surface area contributed by atoms with Crippen LogP contribution in [0.4, 0.5) is 4.39 Å². The molecule has 1 saturated heterocycles. The molecule has 108 valence electrons. The standard InChI is InChI=1S/C14H16BrFN2O2/c1-8-5-13(19)17-9(2)14(20)18(8)7-10-6-11(15)3-4-12(10)16/h3-4,6,8-9H,5,7H2,1-2H3,(H,17,19). The van der Waals surface area contributed by atoms with Crippen molar-refractivity contribution in [3.05, 3.63) is 34.1 Å². The lowest BCUT2D eigenvalue weighted by molar-refractivity contribution is -0.135. The van der Waals surface area contributed by atoms with Gasteiger partial charge in [0, 0.05) is 29.0 Å². The van der Waals surface area contributed by atoms with E-state index in [0.717, 1.165) is 4.47 Å². The summed E-state index contributed by atoms with van der Waals surface area (Å²) in [5.74, 6) is -0.706. The van der Waals surface area contributed by atoms with Crippen molar-refractivity contribution in [3.63, 3.8) is 0 Å². The molecule has 0 bridgehead atoms. The summed E-state index contributed by atoms with van der Waals surface area (Å²) in [4.78, 5) is 25.4. The van der Waals surface area contributed by atoms with E-state index in [1.165, 1.54) is 6.07 Å². The molecule has 4 nitrogen and oxygen atoms in total. The zero-order valence-electron chi connectivity index (χ0n) is 11.3. The van der Waals surface area contributed by atoms with Crippen LogP contribution in [-0.4, -0.2) is 28.8 Å². The molecule has 0 spiro atoms. The van der Waals surface area contributed by atoms with Gasteiger partial charge in [-0.1, -0.05) is 15.9 Å². The number of halogens is 2. The van der Waals surface area contributed by atoms with Crippen LogP contribution in [0.1, 0.15) is 25.8 Å². The predicted molar refractivity (Wildman–Crippen MR) is 76.3 cm³/mol. The number of amides is 2. The first-order valence-corrected chi connectivity index (χ1v) is 7.21. The van der Waals surface area contributed by atoms with Gasteiger partial charge in [0.1, 0.15) is 11.9 Å². The lowest BCUT2D eigenvalue weighted by atomic mass is 10.1. The van der Waals surface area contributed by atoms with Gasteiger partial charge in [-0.25, -0.2) is 4.39 Å². The van der Waals surface area contributed by atoms with Gasteiger partial charge in [0.15, 0.2) is 0 Å². The summed E-state index contributed by atoms with van der Waals surface area (Å²) in [5.41, 5.74) is 0.432. The average Bonchev–Trinajstić information content (AvgIpc) is 2.45. The fraction of sp³-hybridized carbons (Fsp3) is 0.429. The lowest BCUT2D eigenvalue weighted by Gasteiger charge is -2.28. The van der Waals surface area contributed by atoms with Crippen LogP contribution < -0.4 is 5.32 Å². The van der Waals surface area contributed by atoms with Gasteiger partial charge in [-0.15, -0.1) is 0 Å². The molecule has 2 rings (SSSR count). The molecule has 2 unspecified atom stereocenters. The van der Waals surface area contributed by atoms with Crippen LogP contribution in [0.25, 0.3) is 0 Å². The minimum atomic E-state index is -0.581. The normalized spacial score (nSPS) is 23.5. The molecule has 0 saturated carbocycles. The third kappa shape index (κ3) is 3.17. The number of nitrogens with one attached hydrogen (secondary N) is 1. The first-order valence-electron chi connectivity index (χ1n) is 6.42. The van der Waals surface area contributed by atoms with Gasteiger partial charge in [-0.2, -0.15) is 0 Å². The quantitative estimate of drug-likeness (QED) is 0.895. The van der Waals surface area contributed by atoms with Gasteiger partial charge >= 0.3 is 0 Å². The van der Waals surface area contributed by atoms with E-state index < -0.39 is 6.04 Å². The third-order valence-corrected chi connectivity index (χ3v) is 3.89. The maximum atomic E-state index is 13.8. The second-order valence-electron chi connectivity index (χ2n) is 5.04. The highest BCUT2D eigenvalue weighted by molar-refractivity contribution is 9.10. The number of rotatable bonds is 2. The molecule has 1 aromatic carbocycles. The van der Waals surface area contributed by atoms with E-state index in [1.807, 2.05) is 0 Å². The molecule has 1 heterocycles. The summed E-state index contributed by atoms with van der Waals surface area (Å²) in [6.45, 7) is 3.60. The zero-order valence-corrected chi connectivity index (χ0v) is 12.9. The molecule has 20 heavy (non-hydrogen) atoms. The summed E-state index contributed by atoms with van der Waals surface area (Å²) in [6, 6.07) is 3.79. The second kappa shape index (κ2) is 5.91. The van der Waals surface area contributed by atoms with E-state index in [9.17, 15) is 14.0 Å². The number of nitrogens with zero attached hydrogens (tertiary/aromatic N) is 1. The predicted octanol–water partition coefficient (Wildman–Crippen LogP) is 2.21. The van der Waals surface area contributed by atoms with Crippen molar-refractivity contribution in [2.75, 3.05) is 0 Å². The fourth-order valence-corrected chi connectivity index (χ4v) is 2.70. The fourth-order valence-electron chi connectivity index (χ4n) is 2.29. The average molecular weight is 343 g/mol. The van der Waals surface area contributed by atoms with Crippen molar-refractivity contribution in [1.29, 1.82) is 0 Å². The second-order valence-corrected chi connectivity index (χ2v) is 5.96. The van der Waals surface area contributed by atoms with Crippen LogP contribution in [0, 0.1) is 5.82 Å². The molecule has 2 amide bonds. The molecule has 6 heteroatoms. The van der Waals surface area contributed by atoms with Crippen molar-refractivity contribution in [1.82, 2.24) is 10.2 Å². The topological polar surface area (TPSA) is 49.4 Å². The number of hydrogen-bond donors (Lipinski definition) is 1. The number of hydrogen-bond acceptors (Lipinski definition) is 2. The molecule has 1 fully saturated rings. The Morgan fingerprint density at radius 2 is 2.10 bits per heavy atom. The molecule has 0 aliphatic carbocycles. The van der Waals surface area contributed by atoms with Gasteiger partial charge in [-0.05, 0) is 32.0 Å². The van der Waals surface area contributed by atoms with E-state index in [-0.39, 0.29) is 36.6 Å². The molecule has 1 N–H and O–H groups in total. The van der Waals surface area contributed by atoms with Crippen molar-refractivity contribution in [2.24, 2.45) is 0 Å². The Bertz CT molecular complexity index is 550. The zero-order chi connectivity index (χ0) is 14.9. The first-order chi connectivity index (χ1) is 9.38. The van der Waals surface area contributed by atoms with E-state index in [4.69, 9.17) is 0 Å². The van der Waals surface area contributed by atoms with Gasteiger partial charge < -0.3 is 10.2 Å². The molecule has 1 aliphatic heterocycles. The number of carbonyl (C=O) groups is 2. The van der Waals surface area contributed by atoms with Crippen molar-refractivity contribution in [2.45, 2.75) is 38.9 Å². The van der Waals surface area contributed by atoms with E-state index in [0.29, 0.717) is 5.56 Å². The maximum absolute atomic E-state index is 13.8. The smallest absolute Gasteiger partial charge is 0.245 e. The van der Waals surface area contributed by atoms with Crippen LogP contribution in [-0.2, 0) is 16.1 Å². The Labute approximate surface area is 125 Å². The monoisotopic (exact) mass is 342 g/mol. The molecular weight excluding hydrogens is 327 g/mol. The van der Waals surface area contributed by atoms with Gasteiger partial charge in [0.25, 0.3) is 0 Å². The minimum Gasteiger partial charge on any atom is -0.345 e. The maximum Gasteiger partial charge on any atom is 0.245 e. The minimum absolute atomic E-state index is 0.157. The SMILES string of the molecule is CC1NC(=O)CC(C)N(Cc2cc(Br)ccc2F)C1=O. The number of benzene rings is 1. The Morgan fingerprint density at radius 3 is 2.80 bits per heavy atom. The Balaban J connectivity index is 2.27. The Hall–Kier alpha value is -1.43. The third-order valence-electron chi connectivity index (χ3n) is 3.39. The summed E-state index contributed by atoms with van der Waals surface area (Å²) in [5, 5.41) is 2.63. The molecule has 0 aromatic heterocycles. The highest BCUT2D eigenvalue weighted by Gasteiger charge is 2.31. The molecular formula is C14H16BrFN2O2. The van der Waals surface area contributed by atoms with Crippen LogP contribution in [0.5, 0.6) is 0 Å². The first kappa shape index (κ1) is 15.0. The summed E-state index contributed by atoms with van der Waals surface area (Å²) < 4.78 is 14.6. The highest BCUT2D eigenvalue weighted by Crippen LogP contribution is 2.20. The Kier molecular flexibility index (Phi) is 4.42. The highest BCUT2D eigenvalue weighted by atomic mass is 79.9. The largest absolute Gasteiger partial charge is 0.345 e. The summed E-state index contributed by atoms with van der Waals surface area (Å²) in [7, 11) is 0. The van der Waals surface area contributed by atoms with Gasteiger partial charge in [0.2, 0.25) is 11.8 Å².